The van der Waals surface area contributed by atoms with Crippen LogP contribution in [0.15, 0.2) is 0 Å². The molecule has 0 aromatic heterocycles. The van der Waals surface area contributed by atoms with Crippen LogP contribution in [-0.4, -0.2) is 0 Å². The van der Waals surface area contributed by atoms with Crippen molar-refractivity contribution in [1.29, 1.82) is 0 Å². The summed E-state index contributed by atoms with van der Waals surface area (Å²) in [6.45, 7) is 9.72. The van der Waals surface area contributed by atoms with Crippen LogP contribution in [0.1, 0.15) is 66.2 Å². The monoisotopic (exact) mass is 182 g/mol. The fraction of sp³-hybridized carbons (Fsp3) is 1.00. The van der Waals surface area contributed by atoms with E-state index in [1.54, 1.807) is 0 Å². The van der Waals surface area contributed by atoms with E-state index in [9.17, 15) is 0 Å². The molecule has 0 aliphatic heterocycles. The molecular formula is C13H26. The van der Waals surface area contributed by atoms with Gasteiger partial charge in [0.05, 0.1) is 0 Å². The first-order valence-corrected chi connectivity index (χ1v) is 6.08. The quantitative estimate of drug-likeness (QED) is 0.596. The molecule has 1 aliphatic rings. The zero-order valence-corrected chi connectivity index (χ0v) is 9.90. The van der Waals surface area contributed by atoms with Gasteiger partial charge in [0, 0.05) is 0 Å². The van der Waals surface area contributed by atoms with E-state index in [4.69, 9.17) is 0 Å². The summed E-state index contributed by atoms with van der Waals surface area (Å²) in [6.07, 6.45) is 8.63. The van der Waals surface area contributed by atoms with Crippen LogP contribution in [0.25, 0.3) is 0 Å². The highest BCUT2D eigenvalue weighted by molar-refractivity contribution is 4.86. The van der Waals surface area contributed by atoms with Gasteiger partial charge in [-0.25, -0.2) is 0 Å². The Labute approximate surface area is 84.1 Å². The minimum absolute atomic E-state index is 0.618. The summed E-state index contributed by atoms with van der Waals surface area (Å²) in [5.41, 5.74) is 0.618. The van der Waals surface area contributed by atoms with Crippen LogP contribution in [0.4, 0.5) is 0 Å². The topological polar surface area (TPSA) is 0 Å². The van der Waals surface area contributed by atoms with Gasteiger partial charge in [0.25, 0.3) is 0 Å². The molecule has 1 rings (SSSR count). The van der Waals surface area contributed by atoms with E-state index < -0.39 is 0 Å². The van der Waals surface area contributed by atoms with E-state index in [1.807, 2.05) is 0 Å². The zero-order chi connectivity index (χ0) is 9.90. The van der Waals surface area contributed by atoms with Crippen molar-refractivity contribution in [2.75, 3.05) is 0 Å². The van der Waals surface area contributed by atoms with Gasteiger partial charge in [-0.15, -0.1) is 0 Å². The SMILES string of the molecule is CCCC[C@H]1[C@@H](C)CCCC1(C)C. The number of hydrogen-bond acceptors (Lipinski definition) is 0. The summed E-state index contributed by atoms with van der Waals surface area (Å²) in [7, 11) is 0. The molecule has 0 amide bonds. The fourth-order valence-electron chi connectivity index (χ4n) is 3.14. The Bertz CT molecular complexity index is 146. The molecule has 1 aliphatic carbocycles. The third-order valence-corrected chi connectivity index (χ3v) is 4.04. The summed E-state index contributed by atoms with van der Waals surface area (Å²) < 4.78 is 0. The molecule has 0 nitrogen and oxygen atoms in total. The first-order chi connectivity index (χ1) is 6.08. The van der Waals surface area contributed by atoms with Crippen LogP contribution in [-0.2, 0) is 0 Å². The molecule has 0 bridgehead atoms. The molecule has 78 valence electrons. The summed E-state index contributed by atoms with van der Waals surface area (Å²) >= 11 is 0. The molecule has 0 heterocycles. The summed E-state index contributed by atoms with van der Waals surface area (Å²) in [6, 6.07) is 0. The lowest BCUT2D eigenvalue weighted by atomic mass is 9.62. The van der Waals surface area contributed by atoms with Gasteiger partial charge in [-0.05, 0) is 30.1 Å². The minimum atomic E-state index is 0.618. The first kappa shape index (κ1) is 11.1. The van der Waals surface area contributed by atoms with Crippen molar-refractivity contribution in [2.45, 2.75) is 66.2 Å². The van der Waals surface area contributed by atoms with Gasteiger partial charge in [-0.1, -0.05) is 53.4 Å². The third-order valence-electron chi connectivity index (χ3n) is 4.04. The summed E-state index contributed by atoms with van der Waals surface area (Å²) in [4.78, 5) is 0. The van der Waals surface area contributed by atoms with Gasteiger partial charge in [-0.2, -0.15) is 0 Å². The Morgan fingerprint density at radius 2 is 2.00 bits per heavy atom. The lowest BCUT2D eigenvalue weighted by Crippen LogP contribution is -2.33. The van der Waals surface area contributed by atoms with Gasteiger partial charge >= 0.3 is 0 Å². The summed E-state index contributed by atoms with van der Waals surface area (Å²) in [5.74, 6) is 1.96. The number of hydrogen-bond donors (Lipinski definition) is 0. The first-order valence-electron chi connectivity index (χ1n) is 6.08. The van der Waals surface area contributed by atoms with Gasteiger partial charge < -0.3 is 0 Å². The molecule has 2 atom stereocenters. The molecule has 0 aromatic carbocycles. The maximum Gasteiger partial charge on any atom is -0.0323 e. The predicted octanol–water partition coefficient (Wildman–Crippen LogP) is 4.64. The van der Waals surface area contributed by atoms with Crippen LogP contribution in [0.5, 0.6) is 0 Å². The van der Waals surface area contributed by atoms with E-state index >= 15 is 0 Å². The van der Waals surface area contributed by atoms with E-state index in [2.05, 4.69) is 27.7 Å². The molecule has 0 N–H and O–H groups in total. The highest BCUT2D eigenvalue weighted by atomic mass is 14.4. The minimum Gasteiger partial charge on any atom is -0.0654 e. The van der Waals surface area contributed by atoms with E-state index in [0.717, 1.165) is 11.8 Å². The molecule has 0 aromatic rings. The second-order valence-corrected chi connectivity index (χ2v) is 5.61. The Balaban J connectivity index is 2.52. The van der Waals surface area contributed by atoms with E-state index in [0.29, 0.717) is 5.41 Å². The van der Waals surface area contributed by atoms with Gasteiger partial charge in [0.2, 0.25) is 0 Å². The van der Waals surface area contributed by atoms with E-state index in [-0.39, 0.29) is 0 Å². The maximum absolute atomic E-state index is 2.48. The largest absolute Gasteiger partial charge is 0.0654 e. The average Bonchev–Trinajstić information content (AvgIpc) is 2.02. The Morgan fingerprint density at radius 1 is 1.31 bits per heavy atom. The van der Waals surface area contributed by atoms with E-state index in [1.165, 1.54) is 38.5 Å². The Kier molecular flexibility index (Phi) is 3.82. The fourth-order valence-corrected chi connectivity index (χ4v) is 3.14. The Morgan fingerprint density at radius 3 is 2.54 bits per heavy atom. The van der Waals surface area contributed by atoms with Crippen LogP contribution in [0.3, 0.4) is 0 Å². The van der Waals surface area contributed by atoms with Crippen molar-refractivity contribution in [3.8, 4) is 0 Å². The van der Waals surface area contributed by atoms with Crippen LogP contribution < -0.4 is 0 Å². The smallest absolute Gasteiger partial charge is 0.0323 e. The predicted molar refractivity (Wildman–Crippen MR) is 59.8 cm³/mol. The molecule has 0 saturated heterocycles. The van der Waals surface area contributed by atoms with Crippen LogP contribution in [0.2, 0.25) is 0 Å². The van der Waals surface area contributed by atoms with Gasteiger partial charge in [0.15, 0.2) is 0 Å². The number of rotatable bonds is 3. The highest BCUT2D eigenvalue weighted by Crippen LogP contribution is 2.46. The Hall–Kier alpha value is 0. The standard InChI is InChI=1S/C13H26/c1-5-6-9-12-11(2)8-7-10-13(12,3)4/h11-12H,5-10H2,1-4H3/t11-,12-/m0/s1. The molecule has 0 spiro atoms. The third kappa shape index (κ3) is 2.72. The van der Waals surface area contributed by atoms with Crippen LogP contribution >= 0.6 is 0 Å². The average molecular weight is 182 g/mol. The van der Waals surface area contributed by atoms with Crippen LogP contribution in [0, 0.1) is 17.3 Å². The highest BCUT2D eigenvalue weighted by Gasteiger charge is 2.35. The van der Waals surface area contributed by atoms with Gasteiger partial charge in [-0.3, -0.25) is 0 Å². The molecule has 0 radical (unpaired) electrons. The molecule has 1 saturated carbocycles. The lowest BCUT2D eigenvalue weighted by molar-refractivity contribution is 0.0745. The molecule has 13 heavy (non-hydrogen) atoms. The maximum atomic E-state index is 2.48. The van der Waals surface area contributed by atoms with Crippen molar-refractivity contribution >= 4 is 0 Å². The van der Waals surface area contributed by atoms with Crippen molar-refractivity contribution in [1.82, 2.24) is 0 Å². The van der Waals surface area contributed by atoms with Gasteiger partial charge in [0.1, 0.15) is 0 Å². The molecule has 0 unspecified atom stereocenters. The normalized spacial score (nSPS) is 33.2. The summed E-state index contributed by atoms with van der Waals surface area (Å²) in [5, 5.41) is 0. The lowest BCUT2D eigenvalue weighted by Gasteiger charge is -2.43. The van der Waals surface area contributed by atoms with Crippen molar-refractivity contribution in [2.24, 2.45) is 17.3 Å². The van der Waals surface area contributed by atoms with Crippen molar-refractivity contribution in [3.05, 3.63) is 0 Å². The number of unbranched alkanes of at least 4 members (excludes halogenated alkanes) is 1. The van der Waals surface area contributed by atoms with Crippen molar-refractivity contribution in [3.63, 3.8) is 0 Å². The second kappa shape index (κ2) is 4.48. The zero-order valence-electron chi connectivity index (χ0n) is 9.90. The molecule has 1 fully saturated rings. The van der Waals surface area contributed by atoms with Crippen molar-refractivity contribution < 1.29 is 0 Å². The molecular weight excluding hydrogens is 156 g/mol. The second-order valence-electron chi connectivity index (χ2n) is 5.61. The molecule has 0 heteroatoms.